The number of nitrogens with zero attached hydrogens (tertiary/aromatic N) is 1. The lowest BCUT2D eigenvalue weighted by molar-refractivity contribution is -0.138. The summed E-state index contributed by atoms with van der Waals surface area (Å²) in [4.78, 5) is 30.0. The first-order valence-electron chi connectivity index (χ1n) is 11.8. The van der Waals surface area contributed by atoms with Crippen LogP contribution in [0.25, 0.3) is 6.08 Å². The summed E-state index contributed by atoms with van der Waals surface area (Å²) in [6.07, 6.45) is 1.71. The third-order valence-corrected chi connectivity index (χ3v) is 6.57. The Bertz CT molecular complexity index is 1420. The van der Waals surface area contributed by atoms with Crippen molar-refractivity contribution in [3.63, 3.8) is 0 Å². The second-order valence-electron chi connectivity index (χ2n) is 8.46. The highest BCUT2D eigenvalue weighted by Crippen LogP contribution is 2.40. The van der Waals surface area contributed by atoms with E-state index in [1.807, 2.05) is 68.4 Å². The Labute approximate surface area is 220 Å². The zero-order valence-electron chi connectivity index (χ0n) is 20.9. The summed E-state index contributed by atoms with van der Waals surface area (Å²) in [5.74, 6) is -0.924. The minimum Gasteiger partial charge on any atom is -0.506 e. The zero-order valence-corrected chi connectivity index (χ0v) is 21.7. The number of carbonyl (C=O) groups excluding carboxylic acids is 2. The maximum absolute atomic E-state index is 12.8. The quantitative estimate of drug-likeness (QED) is 0.359. The molecule has 0 saturated heterocycles. The van der Waals surface area contributed by atoms with Crippen LogP contribution in [0.5, 0.6) is 5.75 Å². The van der Waals surface area contributed by atoms with E-state index in [4.69, 9.17) is 9.47 Å². The molecule has 7 heteroatoms. The molecule has 1 heterocycles. The van der Waals surface area contributed by atoms with Gasteiger partial charge in [0.05, 0.1) is 11.5 Å². The van der Waals surface area contributed by atoms with E-state index in [1.54, 1.807) is 25.1 Å². The zero-order chi connectivity index (χ0) is 26.4. The number of hydrogen-bond donors (Lipinski definition) is 1. The first kappa shape index (κ1) is 26.0. The summed E-state index contributed by atoms with van der Waals surface area (Å²) in [6, 6.07) is 22.4. The maximum atomic E-state index is 12.8. The van der Waals surface area contributed by atoms with Crippen molar-refractivity contribution in [2.45, 2.75) is 27.4 Å². The molecule has 1 N–H and O–H groups in total. The minimum absolute atomic E-state index is 0.0888. The fourth-order valence-corrected chi connectivity index (χ4v) is 4.68. The minimum atomic E-state index is -0.740. The third-order valence-electron chi connectivity index (χ3n) is 5.55. The van der Waals surface area contributed by atoms with Crippen molar-refractivity contribution in [3.05, 3.63) is 117 Å². The summed E-state index contributed by atoms with van der Waals surface area (Å²) < 4.78 is 11.2. The van der Waals surface area contributed by atoms with Crippen molar-refractivity contribution < 1.29 is 24.2 Å². The summed E-state index contributed by atoms with van der Waals surface area (Å²) in [5.41, 5.74) is 4.16. The molecule has 1 amide bonds. The summed E-state index contributed by atoms with van der Waals surface area (Å²) >= 11 is 1.04. The van der Waals surface area contributed by atoms with E-state index in [-0.39, 0.29) is 23.0 Å². The highest BCUT2D eigenvalue weighted by atomic mass is 32.2. The number of esters is 1. The molecule has 37 heavy (non-hydrogen) atoms. The van der Waals surface area contributed by atoms with E-state index >= 15 is 0 Å². The van der Waals surface area contributed by atoms with Crippen LogP contribution in [0.1, 0.15) is 39.5 Å². The molecule has 0 aromatic heterocycles. The van der Waals surface area contributed by atoms with Gasteiger partial charge in [-0.3, -0.25) is 4.79 Å². The smallest absolute Gasteiger partial charge is 0.344 e. The molecule has 0 unspecified atom stereocenters. The molecule has 0 atom stereocenters. The topological polar surface area (TPSA) is 85.2 Å². The lowest BCUT2D eigenvalue weighted by atomic mass is 10.1. The number of hydrogen-bond acceptors (Lipinski definition) is 6. The molecular weight excluding hydrogens is 486 g/mol. The van der Waals surface area contributed by atoms with Gasteiger partial charge in [0.25, 0.3) is 5.91 Å². The van der Waals surface area contributed by atoms with E-state index in [0.717, 1.165) is 28.5 Å². The number of aliphatic hydroxyl groups excluding tert-OH is 1. The lowest BCUT2D eigenvalue weighted by Gasteiger charge is -2.10. The predicted octanol–water partition coefficient (Wildman–Crippen LogP) is 6.58. The van der Waals surface area contributed by atoms with Gasteiger partial charge in [0, 0.05) is 11.1 Å². The molecule has 1 aliphatic heterocycles. The normalized spacial score (nSPS) is 15.3. The number of para-hydroxylation sites is 1. The lowest BCUT2D eigenvalue weighted by Crippen LogP contribution is -2.14. The van der Waals surface area contributed by atoms with Crippen LogP contribution in [0, 0.1) is 13.8 Å². The molecule has 3 aromatic rings. The van der Waals surface area contributed by atoms with Crippen LogP contribution in [0.15, 0.2) is 94.0 Å². The molecule has 0 aliphatic carbocycles. The molecule has 0 bridgehead atoms. The van der Waals surface area contributed by atoms with Crippen molar-refractivity contribution in [2.75, 3.05) is 6.61 Å². The average molecular weight is 514 g/mol. The van der Waals surface area contributed by atoms with Gasteiger partial charge in [0.2, 0.25) is 0 Å². The number of aliphatic hydroxyl groups is 1. The Hall–Kier alpha value is -4.10. The highest BCUT2D eigenvalue weighted by Gasteiger charge is 2.34. The van der Waals surface area contributed by atoms with Crippen LogP contribution < -0.4 is 4.74 Å². The standard InChI is InChI=1S/C30H27NO5S/c1-4-35-30(34)26-27(32)25(37-29(26)31-28(33)22-14-12-19(2)13-15-22)17-23-10-5-6-11-24(23)36-18-21-9-7-8-20(3)16-21/h5-17,32H,4,18H2,1-3H3/b25-17-,31-29?. The number of aliphatic imine (C=N–C) groups is 1. The van der Waals surface area contributed by atoms with Crippen molar-refractivity contribution in [1.82, 2.24) is 0 Å². The Balaban J connectivity index is 1.65. The van der Waals surface area contributed by atoms with Crippen LogP contribution in [0.3, 0.4) is 0 Å². The second kappa shape index (κ2) is 11.8. The summed E-state index contributed by atoms with van der Waals surface area (Å²) in [7, 11) is 0. The number of ether oxygens (including phenoxy) is 2. The van der Waals surface area contributed by atoms with E-state index in [0.29, 0.717) is 28.4 Å². The first-order chi connectivity index (χ1) is 17.9. The number of rotatable bonds is 7. The summed E-state index contributed by atoms with van der Waals surface area (Å²) in [6.45, 7) is 6.12. The number of thioether (sulfide) groups is 1. The molecular formula is C30H27NO5S. The Morgan fingerprint density at radius 1 is 0.973 bits per heavy atom. The molecule has 0 radical (unpaired) electrons. The Kier molecular flexibility index (Phi) is 8.25. The number of carbonyl (C=O) groups is 2. The monoisotopic (exact) mass is 513 g/mol. The average Bonchev–Trinajstić information content (AvgIpc) is 3.18. The molecule has 0 spiro atoms. The molecule has 188 valence electrons. The van der Waals surface area contributed by atoms with Crippen molar-refractivity contribution in [2.24, 2.45) is 4.99 Å². The van der Waals surface area contributed by atoms with Gasteiger partial charge in [0.1, 0.15) is 28.7 Å². The largest absolute Gasteiger partial charge is 0.506 e. The van der Waals surface area contributed by atoms with Gasteiger partial charge in [-0.15, -0.1) is 0 Å². The van der Waals surface area contributed by atoms with E-state index in [9.17, 15) is 14.7 Å². The number of aryl methyl sites for hydroxylation is 2. The Morgan fingerprint density at radius 3 is 2.46 bits per heavy atom. The fourth-order valence-electron chi connectivity index (χ4n) is 3.68. The van der Waals surface area contributed by atoms with E-state index in [2.05, 4.69) is 11.1 Å². The predicted molar refractivity (Wildman–Crippen MR) is 147 cm³/mol. The van der Waals surface area contributed by atoms with Crippen LogP contribution in [0.2, 0.25) is 0 Å². The molecule has 3 aromatic carbocycles. The second-order valence-corrected chi connectivity index (χ2v) is 9.49. The molecule has 6 nitrogen and oxygen atoms in total. The maximum Gasteiger partial charge on any atom is 0.344 e. The molecule has 4 rings (SSSR count). The van der Waals surface area contributed by atoms with Crippen molar-refractivity contribution in [1.29, 1.82) is 0 Å². The van der Waals surface area contributed by atoms with E-state index < -0.39 is 11.9 Å². The molecule has 0 fully saturated rings. The molecule has 0 saturated carbocycles. The van der Waals surface area contributed by atoms with Gasteiger partial charge >= 0.3 is 5.97 Å². The van der Waals surface area contributed by atoms with E-state index in [1.165, 1.54) is 0 Å². The van der Waals surface area contributed by atoms with Gasteiger partial charge in [-0.1, -0.05) is 77.5 Å². The van der Waals surface area contributed by atoms with Crippen LogP contribution in [-0.2, 0) is 16.1 Å². The van der Waals surface area contributed by atoms with Crippen molar-refractivity contribution >= 4 is 34.8 Å². The summed E-state index contributed by atoms with van der Waals surface area (Å²) in [5, 5.41) is 11.1. The van der Waals surface area contributed by atoms with Crippen LogP contribution in [0.4, 0.5) is 0 Å². The van der Waals surface area contributed by atoms with Crippen LogP contribution >= 0.6 is 11.8 Å². The SMILES string of the molecule is CCOC(=O)C1=C(O)/C(=C/c2ccccc2OCc2cccc(C)c2)SC1=NC(=O)c1ccc(C)cc1. The highest BCUT2D eigenvalue weighted by molar-refractivity contribution is 8.18. The third kappa shape index (κ3) is 6.37. The van der Waals surface area contributed by atoms with Crippen LogP contribution in [-0.4, -0.2) is 28.6 Å². The van der Waals surface area contributed by atoms with Gasteiger partial charge in [0.15, 0.2) is 0 Å². The number of benzene rings is 3. The number of amides is 1. The fraction of sp³-hybridized carbons (Fsp3) is 0.167. The molecule has 1 aliphatic rings. The van der Waals surface area contributed by atoms with Gasteiger partial charge < -0.3 is 14.6 Å². The van der Waals surface area contributed by atoms with Gasteiger partial charge in [-0.25, -0.2) is 9.79 Å². The van der Waals surface area contributed by atoms with Gasteiger partial charge in [-0.05, 0) is 50.6 Å². The van der Waals surface area contributed by atoms with Crippen molar-refractivity contribution in [3.8, 4) is 5.75 Å². The van der Waals surface area contributed by atoms with Gasteiger partial charge in [-0.2, -0.15) is 0 Å². The first-order valence-corrected chi connectivity index (χ1v) is 12.6. The Morgan fingerprint density at radius 2 is 1.73 bits per heavy atom.